The van der Waals surface area contributed by atoms with Crippen molar-refractivity contribution in [2.75, 3.05) is 38.1 Å². The zero-order chi connectivity index (χ0) is 12.4. The van der Waals surface area contributed by atoms with Gasteiger partial charge in [0.1, 0.15) is 0 Å². The molecule has 0 bridgehead atoms. The number of piperazine rings is 1. The van der Waals surface area contributed by atoms with Gasteiger partial charge >= 0.3 is 0 Å². The van der Waals surface area contributed by atoms with E-state index >= 15 is 0 Å². The molecule has 0 saturated carbocycles. The van der Waals surface area contributed by atoms with Crippen LogP contribution in [0.4, 0.5) is 5.69 Å². The van der Waals surface area contributed by atoms with Crippen LogP contribution in [0.1, 0.15) is 15.9 Å². The monoisotopic (exact) mass is 296 g/mol. The van der Waals surface area contributed by atoms with E-state index in [1.165, 1.54) is 5.69 Å². The summed E-state index contributed by atoms with van der Waals surface area (Å²) in [6.45, 7) is 6.22. The first-order chi connectivity index (χ1) is 8.13. The van der Waals surface area contributed by atoms with Crippen LogP contribution in [0.15, 0.2) is 16.6 Å². The topological polar surface area (TPSA) is 23.6 Å². The highest BCUT2D eigenvalue weighted by molar-refractivity contribution is 9.10. The van der Waals surface area contributed by atoms with Gasteiger partial charge in [-0.25, -0.2) is 0 Å². The standard InChI is InChI=1S/C13H17BrN2O/c1-10-11(9-17)12(14)3-4-13(10)16-7-5-15(2)6-8-16/h3-4,9H,5-8H2,1-2H3. The first-order valence-corrected chi connectivity index (χ1v) is 6.60. The van der Waals surface area contributed by atoms with Crippen molar-refractivity contribution in [3.63, 3.8) is 0 Å². The number of aldehydes is 1. The average molecular weight is 297 g/mol. The predicted octanol–water partition coefficient (Wildman–Crippen LogP) is 2.32. The molecule has 4 heteroatoms. The molecule has 1 heterocycles. The van der Waals surface area contributed by atoms with E-state index in [-0.39, 0.29) is 0 Å². The predicted molar refractivity (Wildman–Crippen MR) is 74.0 cm³/mol. The maximum atomic E-state index is 11.1. The van der Waals surface area contributed by atoms with Crippen molar-refractivity contribution in [1.29, 1.82) is 0 Å². The third kappa shape index (κ3) is 2.53. The van der Waals surface area contributed by atoms with Crippen molar-refractivity contribution in [1.82, 2.24) is 4.90 Å². The normalized spacial score (nSPS) is 17.2. The van der Waals surface area contributed by atoms with Crippen LogP contribution in [0.5, 0.6) is 0 Å². The Morgan fingerprint density at radius 2 is 1.88 bits per heavy atom. The zero-order valence-electron chi connectivity index (χ0n) is 10.2. The van der Waals surface area contributed by atoms with Crippen molar-refractivity contribution in [2.45, 2.75) is 6.92 Å². The second kappa shape index (κ2) is 5.19. The van der Waals surface area contributed by atoms with Gasteiger partial charge in [-0.15, -0.1) is 0 Å². The van der Waals surface area contributed by atoms with Crippen molar-refractivity contribution in [2.24, 2.45) is 0 Å². The van der Waals surface area contributed by atoms with Gasteiger partial charge in [-0.2, -0.15) is 0 Å². The quantitative estimate of drug-likeness (QED) is 0.783. The lowest BCUT2D eigenvalue weighted by Crippen LogP contribution is -2.44. The summed E-state index contributed by atoms with van der Waals surface area (Å²) in [4.78, 5) is 15.8. The molecule has 2 rings (SSSR count). The second-order valence-electron chi connectivity index (χ2n) is 4.51. The largest absolute Gasteiger partial charge is 0.369 e. The van der Waals surface area contributed by atoms with Crippen molar-refractivity contribution >= 4 is 27.9 Å². The maximum absolute atomic E-state index is 11.1. The van der Waals surface area contributed by atoms with E-state index < -0.39 is 0 Å². The maximum Gasteiger partial charge on any atom is 0.151 e. The van der Waals surface area contributed by atoms with Gasteiger partial charge in [-0.3, -0.25) is 4.79 Å². The number of anilines is 1. The molecule has 0 N–H and O–H groups in total. The van der Waals surface area contributed by atoms with Crippen LogP contribution in [0.3, 0.4) is 0 Å². The van der Waals surface area contributed by atoms with Gasteiger partial charge in [0.05, 0.1) is 0 Å². The number of nitrogens with zero attached hydrogens (tertiary/aromatic N) is 2. The van der Waals surface area contributed by atoms with E-state index in [0.717, 1.165) is 48.1 Å². The number of carbonyl (C=O) groups is 1. The summed E-state index contributed by atoms with van der Waals surface area (Å²) in [5, 5.41) is 0. The molecular weight excluding hydrogens is 280 g/mol. The van der Waals surface area contributed by atoms with Gasteiger partial charge < -0.3 is 9.80 Å². The van der Waals surface area contributed by atoms with Gasteiger partial charge in [0, 0.05) is 41.9 Å². The third-order valence-electron chi connectivity index (χ3n) is 3.39. The summed E-state index contributed by atoms with van der Waals surface area (Å²) in [6.07, 6.45) is 0.930. The number of halogens is 1. The van der Waals surface area contributed by atoms with Gasteiger partial charge in [0.15, 0.2) is 6.29 Å². The molecule has 0 unspecified atom stereocenters. The lowest BCUT2D eigenvalue weighted by molar-refractivity contribution is 0.112. The Labute approximate surface area is 111 Å². The number of carbonyl (C=O) groups excluding carboxylic acids is 1. The van der Waals surface area contributed by atoms with E-state index in [4.69, 9.17) is 0 Å². The molecule has 1 aromatic rings. The SMILES string of the molecule is Cc1c(N2CCN(C)CC2)ccc(Br)c1C=O. The second-order valence-corrected chi connectivity index (χ2v) is 5.37. The van der Waals surface area contributed by atoms with Crippen LogP contribution in [-0.4, -0.2) is 44.4 Å². The molecule has 1 saturated heterocycles. The minimum atomic E-state index is 0.765. The summed E-state index contributed by atoms with van der Waals surface area (Å²) in [6, 6.07) is 4.06. The molecule has 92 valence electrons. The number of benzene rings is 1. The number of rotatable bonds is 2. The fourth-order valence-corrected chi connectivity index (χ4v) is 2.74. The van der Waals surface area contributed by atoms with Crippen LogP contribution in [0.25, 0.3) is 0 Å². The van der Waals surface area contributed by atoms with E-state index in [1.54, 1.807) is 0 Å². The van der Waals surface area contributed by atoms with E-state index in [0.29, 0.717) is 0 Å². The first-order valence-electron chi connectivity index (χ1n) is 5.81. The Kier molecular flexibility index (Phi) is 3.84. The molecule has 1 fully saturated rings. The summed E-state index contributed by atoms with van der Waals surface area (Å²) < 4.78 is 0.878. The van der Waals surface area contributed by atoms with Crippen LogP contribution in [0, 0.1) is 6.92 Å². The minimum Gasteiger partial charge on any atom is -0.369 e. The fraction of sp³-hybridized carbons (Fsp3) is 0.462. The van der Waals surface area contributed by atoms with Crippen LogP contribution in [0.2, 0.25) is 0 Å². The zero-order valence-corrected chi connectivity index (χ0v) is 11.8. The minimum absolute atomic E-state index is 0.765. The van der Waals surface area contributed by atoms with Gasteiger partial charge in [-0.05, 0) is 31.7 Å². The Bertz CT molecular complexity index is 426. The number of likely N-dealkylation sites (N-methyl/N-ethyl adjacent to an activating group) is 1. The van der Waals surface area contributed by atoms with E-state index in [9.17, 15) is 4.79 Å². The van der Waals surface area contributed by atoms with Crippen molar-refractivity contribution in [3.05, 3.63) is 27.7 Å². The average Bonchev–Trinajstić information content (AvgIpc) is 2.31. The lowest BCUT2D eigenvalue weighted by atomic mass is 10.1. The van der Waals surface area contributed by atoms with Gasteiger partial charge in [-0.1, -0.05) is 15.9 Å². The molecule has 0 radical (unpaired) electrons. The number of hydrogen-bond donors (Lipinski definition) is 0. The van der Waals surface area contributed by atoms with Crippen molar-refractivity contribution in [3.8, 4) is 0 Å². The Hall–Kier alpha value is -0.870. The number of hydrogen-bond acceptors (Lipinski definition) is 3. The highest BCUT2D eigenvalue weighted by atomic mass is 79.9. The summed E-state index contributed by atoms with van der Waals surface area (Å²) in [5.74, 6) is 0. The molecule has 1 aromatic carbocycles. The van der Waals surface area contributed by atoms with Crippen LogP contribution >= 0.6 is 15.9 Å². The first kappa shape index (κ1) is 12.6. The smallest absolute Gasteiger partial charge is 0.151 e. The van der Waals surface area contributed by atoms with E-state index in [1.807, 2.05) is 13.0 Å². The Morgan fingerprint density at radius 1 is 1.24 bits per heavy atom. The molecule has 0 atom stereocenters. The molecule has 0 aromatic heterocycles. The lowest BCUT2D eigenvalue weighted by Gasteiger charge is -2.35. The summed E-state index contributed by atoms with van der Waals surface area (Å²) in [7, 11) is 2.14. The molecule has 17 heavy (non-hydrogen) atoms. The Balaban J connectivity index is 2.30. The van der Waals surface area contributed by atoms with E-state index in [2.05, 4.69) is 38.8 Å². The third-order valence-corrected chi connectivity index (χ3v) is 4.09. The molecule has 1 aliphatic rings. The molecule has 1 aliphatic heterocycles. The Morgan fingerprint density at radius 3 is 2.47 bits per heavy atom. The van der Waals surface area contributed by atoms with Crippen LogP contribution < -0.4 is 4.90 Å². The molecule has 3 nitrogen and oxygen atoms in total. The summed E-state index contributed by atoms with van der Waals surface area (Å²) >= 11 is 3.42. The van der Waals surface area contributed by atoms with Gasteiger partial charge in [0.25, 0.3) is 0 Å². The van der Waals surface area contributed by atoms with Crippen LogP contribution in [-0.2, 0) is 0 Å². The highest BCUT2D eigenvalue weighted by Crippen LogP contribution is 2.28. The molecular formula is C13H17BrN2O. The molecule has 0 spiro atoms. The summed E-state index contributed by atoms with van der Waals surface area (Å²) in [5.41, 5.74) is 3.02. The molecule has 0 amide bonds. The fourth-order valence-electron chi connectivity index (χ4n) is 2.22. The van der Waals surface area contributed by atoms with Gasteiger partial charge in [0.2, 0.25) is 0 Å². The highest BCUT2D eigenvalue weighted by Gasteiger charge is 2.17. The molecule has 0 aliphatic carbocycles. The van der Waals surface area contributed by atoms with Crippen molar-refractivity contribution < 1.29 is 4.79 Å².